The summed E-state index contributed by atoms with van der Waals surface area (Å²) in [5.74, 6) is 0.0656. The summed E-state index contributed by atoms with van der Waals surface area (Å²) < 4.78 is 0. The van der Waals surface area contributed by atoms with Crippen molar-refractivity contribution in [3.8, 4) is 11.3 Å². The molecule has 0 aliphatic heterocycles. The minimum atomic E-state index is -0.342. The lowest BCUT2D eigenvalue weighted by molar-refractivity contribution is -0.129. The third kappa shape index (κ3) is 3.87. The molecular formula is C17H21ClN2OS. The van der Waals surface area contributed by atoms with Crippen LogP contribution < -0.4 is 5.32 Å². The molecule has 1 aromatic carbocycles. The maximum Gasteiger partial charge on any atom is 0.225 e. The van der Waals surface area contributed by atoms with Crippen molar-refractivity contribution in [3.05, 3.63) is 39.2 Å². The van der Waals surface area contributed by atoms with E-state index in [1.807, 2.05) is 52.0 Å². The van der Waals surface area contributed by atoms with Crippen LogP contribution in [0.5, 0.6) is 0 Å². The van der Waals surface area contributed by atoms with Crippen molar-refractivity contribution in [2.45, 2.75) is 40.7 Å². The molecule has 0 fully saturated rings. The molecule has 0 aliphatic rings. The molecule has 2 aromatic rings. The molecule has 1 amide bonds. The van der Waals surface area contributed by atoms with Gasteiger partial charge < -0.3 is 5.32 Å². The van der Waals surface area contributed by atoms with Crippen LogP contribution in [0.4, 0.5) is 0 Å². The van der Waals surface area contributed by atoms with Crippen LogP contribution in [0.2, 0.25) is 5.02 Å². The first kappa shape index (κ1) is 17.0. The number of hydrogen-bond acceptors (Lipinski definition) is 3. The third-order valence-electron chi connectivity index (χ3n) is 3.86. The predicted octanol–water partition coefficient (Wildman–Crippen LogP) is 4.82. The molecule has 1 heterocycles. The van der Waals surface area contributed by atoms with Gasteiger partial charge in [-0.3, -0.25) is 4.79 Å². The van der Waals surface area contributed by atoms with Crippen molar-refractivity contribution < 1.29 is 4.79 Å². The fourth-order valence-corrected chi connectivity index (χ4v) is 2.98. The summed E-state index contributed by atoms with van der Waals surface area (Å²) in [6.45, 7) is 8.44. The summed E-state index contributed by atoms with van der Waals surface area (Å²) in [7, 11) is 0. The molecule has 2 rings (SSSR count). The summed E-state index contributed by atoms with van der Waals surface area (Å²) in [5.41, 5.74) is 1.66. The van der Waals surface area contributed by atoms with Crippen LogP contribution >= 0.6 is 22.9 Å². The van der Waals surface area contributed by atoms with Crippen LogP contribution in [-0.4, -0.2) is 10.9 Å². The standard InChI is InChI=1S/C17H21ClN2OS/c1-5-17(3,4)16(21)19-10-14-20-15(11(2)22-14)12-6-8-13(18)9-7-12/h6-9H,5,10H2,1-4H3,(H,19,21). The van der Waals surface area contributed by atoms with Crippen LogP contribution in [0.25, 0.3) is 11.3 Å². The third-order valence-corrected chi connectivity index (χ3v) is 5.08. The number of amides is 1. The Bertz CT molecular complexity index is 662. The van der Waals surface area contributed by atoms with E-state index in [2.05, 4.69) is 10.3 Å². The number of nitrogens with zero attached hydrogens (tertiary/aromatic N) is 1. The molecule has 0 spiro atoms. The molecule has 3 nitrogen and oxygen atoms in total. The molecule has 0 saturated heterocycles. The lowest BCUT2D eigenvalue weighted by atomic mass is 9.89. The molecule has 0 atom stereocenters. The summed E-state index contributed by atoms with van der Waals surface area (Å²) in [6, 6.07) is 7.65. The minimum absolute atomic E-state index is 0.0656. The van der Waals surface area contributed by atoms with Gasteiger partial charge in [-0.2, -0.15) is 0 Å². The van der Waals surface area contributed by atoms with E-state index in [0.29, 0.717) is 11.6 Å². The van der Waals surface area contributed by atoms with E-state index in [1.165, 1.54) is 0 Å². The van der Waals surface area contributed by atoms with Gasteiger partial charge in [-0.25, -0.2) is 4.98 Å². The van der Waals surface area contributed by atoms with Crippen molar-refractivity contribution in [2.75, 3.05) is 0 Å². The first-order valence-corrected chi connectivity index (χ1v) is 8.53. The number of aryl methyl sites for hydroxylation is 1. The number of carbonyl (C=O) groups is 1. The highest BCUT2D eigenvalue weighted by molar-refractivity contribution is 7.12. The Morgan fingerprint density at radius 2 is 1.95 bits per heavy atom. The Morgan fingerprint density at radius 1 is 1.32 bits per heavy atom. The lowest BCUT2D eigenvalue weighted by Crippen LogP contribution is -2.35. The van der Waals surface area contributed by atoms with Crippen molar-refractivity contribution in [2.24, 2.45) is 5.41 Å². The van der Waals surface area contributed by atoms with Gasteiger partial charge in [0.1, 0.15) is 5.01 Å². The van der Waals surface area contributed by atoms with Gasteiger partial charge >= 0.3 is 0 Å². The quantitative estimate of drug-likeness (QED) is 0.850. The second kappa shape index (κ2) is 6.80. The van der Waals surface area contributed by atoms with E-state index in [4.69, 9.17) is 11.6 Å². The number of thiazole rings is 1. The van der Waals surface area contributed by atoms with Gasteiger partial charge in [0, 0.05) is 20.9 Å². The summed E-state index contributed by atoms with van der Waals surface area (Å²) in [5, 5.41) is 4.61. The molecule has 0 radical (unpaired) electrons. The molecule has 0 bridgehead atoms. The summed E-state index contributed by atoms with van der Waals surface area (Å²) >= 11 is 7.53. The topological polar surface area (TPSA) is 42.0 Å². The molecule has 118 valence electrons. The average molecular weight is 337 g/mol. The maximum atomic E-state index is 12.1. The highest BCUT2D eigenvalue weighted by atomic mass is 35.5. The molecular weight excluding hydrogens is 316 g/mol. The fourth-order valence-electron chi connectivity index (χ4n) is 1.96. The first-order valence-electron chi connectivity index (χ1n) is 7.34. The van der Waals surface area contributed by atoms with Crippen molar-refractivity contribution in [1.29, 1.82) is 0 Å². The smallest absolute Gasteiger partial charge is 0.225 e. The highest BCUT2D eigenvalue weighted by Gasteiger charge is 2.25. The Hall–Kier alpha value is -1.39. The van der Waals surface area contributed by atoms with E-state index >= 15 is 0 Å². The van der Waals surface area contributed by atoms with Gasteiger partial charge in [-0.05, 0) is 25.5 Å². The first-order chi connectivity index (χ1) is 10.3. The van der Waals surface area contributed by atoms with Gasteiger partial charge in [-0.1, -0.05) is 44.5 Å². The highest BCUT2D eigenvalue weighted by Crippen LogP contribution is 2.28. The Morgan fingerprint density at radius 3 is 2.55 bits per heavy atom. The number of benzene rings is 1. The summed E-state index contributed by atoms with van der Waals surface area (Å²) in [4.78, 5) is 17.9. The monoisotopic (exact) mass is 336 g/mol. The van der Waals surface area contributed by atoms with Gasteiger partial charge in [0.2, 0.25) is 5.91 Å². The number of aromatic nitrogens is 1. The fraction of sp³-hybridized carbons (Fsp3) is 0.412. The van der Waals surface area contributed by atoms with Crippen LogP contribution in [-0.2, 0) is 11.3 Å². The zero-order valence-corrected chi connectivity index (χ0v) is 14.9. The molecule has 5 heteroatoms. The Balaban J connectivity index is 2.10. The largest absolute Gasteiger partial charge is 0.349 e. The average Bonchev–Trinajstić information content (AvgIpc) is 2.86. The Labute approximate surface area is 140 Å². The number of hydrogen-bond donors (Lipinski definition) is 1. The molecule has 0 unspecified atom stereocenters. The molecule has 0 saturated carbocycles. The van der Waals surface area contributed by atoms with E-state index in [-0.39, 0.29) is 11.3 Å². The second-order valence-corrected chi connectivity index (χ2v) is 7.66. The maximum absolute atomic E-state index is 12.1. The van der Waals surface area contributed by atoms with E-state index in [0.717, 1.165) is 27.6 Å². The lowest BCUT2D eigenvalue weighted by Gasteiger charge is -2.20. The predicted molar refractivity (Wildman–Crippen MR) is 93.2 cm³/mol. The van der Waals surface area contributed by atoms with Gasteiger partial charge in [0.05, 0.1) is 12.2 Å². The number of halogens is 1. The normalized spacial score (nSPS) is 11.5. The minimum Gasteiger partial charge on any atom is -0.349 e. The second-order valence-electron chi connectivity index (χ2n) is 5.94. The number of carbonyl (C=O) groups excluding carboxylic acids is 1. The SMILES string of the molecule is CCC(C)(C)C(=O)NCc1nc(-c2ccc(Cl)cc2)c(C)s1. The number of rotatable bonds is 5. The molecule has 0 aliphatic carbocycles. The zero-order valence-electron chi connectivity index (χ0n) is 13.4. The van der Waals surface area contributed by atoms with Crippen molar-refractivity contribution in [3.63, 3.8) is 0 Å². The van der Waals surface area contributed by atoms with Crippen molar-refractivity contribution in [1.82, 2.24) is 10.3 Å². The van der Waals surface area contributed by atoms with E-state index in [9.17, 15) is 4.79 Å². The van der Waals surface area contributed by atoms with Gasteiger partial charge in [-0.15, -0.1) is 11.3 Å². The van der Waals surface area contributed by atoms with E-state index in [1.54, 1.807) is 11.3 Å². The van der Waals surface area contributed by atoms with E-state index < -0.39 is 0 Å². The van der Waals surface area contributed by atoms with Crippen LogP contribution in [0, 0.1) is 12.3 Å². The van der Waals surface area contributed by atoms with Crippen LogP contribution in [0.3, 0.4) is 0 Å². The van der Waals surface area contributed by atoms with Crippen LogP contribution in [0.1, 0.15) is 37.1 Å². The molecule has 1 N–H and O–H groups in total. The van der Waals surface area contributed by atoms with Crippen molar-refractivity contribution >= 4 is 28.8 Å². The van der Waals surface area contributed by atoms with Crippen LogP contribution in [0.15, 0.2) is 24.3 Å². The molecule has 22 heavy (non-hydrogen) atoms. The Kier molecular flexibility index (Phi) is 5.24. The van der Waals surface area contributed by atoms with Gasteiger partial charge in [0.25, 0.3) is 0 Å². The molecule has 1 aromatic heterocycles. The summed E-state index contributed by atoms with van der Waals surface area (Å²) in [6.07, 6.45) is 0.811. The van der Waals surface area contributed by atoms with Gasteiger partial charge in [0.15, 0.2) is 0 Å². The number of nitrogens with one attached hydrogen (secondary N) is 1. The zero-order chi connectivity index (χ0) is 16.3.